The molecule has 2 rings (SSSR count). The molecule has 6 heteroatoms. The van der Waals surface area contributed by atoms with Crippen LogP contribution in [0.5, 0.6) is 0 Å². The molecule has 19 heavy (non-hydrogen) atoms. The maximum absolute atomic E-state index is 11.9. The third kappa shape index (κ3) is 3.51. The number of hydrogen-bond acceptors (Lipinski definition) is 4. The molecule has 1 aromatic rings. The van der Waals surface area contributed by atoms with E-state index in [1.54, 1.807) is 0 Å². The average Bonchev–Trinajstić information content (AvgIpc) is 2.76. The van der Waals surface area contributed by atoms with Crippen LogP contribution in [0, 0.1) is 10.1 Å². The summed E-state index contributed by atoms with van der Waals surface area (Å²) < 4.78 is 0. The van der Waals surface area contributed by atoms with Gasteiger partial charge in [0.2, 0.25) is 5.91 Å². The Balaban J connectivity index is 1.93. The maximum Gasteiger partial charge on any atom is 0.269 e. The summed E-state index contributed by atoms with van der Waals surface area (Å²) in [5.41, 5.74) is 6.30. The van der Waals surface area contributed by atoms with E-state index >= 15 is 0 Å². The minimum atomic E-state index is -0.473. The number of nitro groups is 1. The van der Waals surface area contributed by atoms with Gasteiger partial charge in [-0.25, -0.2) is 0 Å². The quantitative estimate of drug-likeness (QED) is 0.642. The molecule has 0 heterocycles. The third-order valence-corrected chi connectivity index (χ3v) is 3.47. The molecule has 1 saturated carbocycles. The number of nitrogens with one attached hydrogen (secondary N) is 1. The molecule has 1 aliphatic rings. The van der Waals surface area contributed by atoms with Gasteiger partial charge in [-0.1, -0.05) is 12.8 Å². The average molecular weight is 263 g/mol. The molecule has 0 aliphatic heterocycles. The Kier molecular flexibility index (Phi) is 3.80. The Morgan fingerprint density at radius 1 is 1.32 bits per heavy atom. The van der Waals surface area contributed by atoms with Crippen LogP contribution in [0.15, 0.2) is 24.3 Å². The Morgan fingerprint density at radius 3 is 2.42 bits per heavy atom. The highest BCUT2D eigenvalue weighted by Crippen LogP contribution is 2.30. The van der Waals surface area contributed by atoms with Gasteiger partial charge in [0.15, 0.2) is 0 Å². The number of nitrogens with zero attached hydrogens (tertiary/aromatic N) is 1. The summed E-state index contributed by atoms with van der Waals surface area (Å²) in [6.45, 7) is 0. The fraction of sp³-hybridized carbons (Fsp3) is 0.462. The highest BCUT2D eigenvalue weighted by Gasteiger charge is 2.31. The fourth-order valence-corrected chi connectivity index (χ4v) is 2.45. The number of nitro benzene ring substituents is 1. The van der Waals surface area contributed by atoms with E-state index in [2.05, 4.69) is 5.32 Å². The van der Waals surface area contributed by atoms with E-state index in [-0.39, 0.29) is 17.1 Å². The molecule has 0 radical (unpaired) electrons. The molecule has 1 amide bonds. The van der Waals surface area contributed by atoms with Crippen molar-refractivity contribution in [1.82, 2.24) is 0 Å². The smallest absolute Gasteiger partial charge is 0.269 e. The molecule has 0 atom stereocenters. The van der Waals surface area contributed by atoms with Gasteiger partial charge in [0.25, 0.3) is 5.69 Å². The normalized spacial score (nSPS) is 17.1. The molecule has 0 bridgehead atoms. The van der Waals surface area contributed by atoms with Crippen LogP contribution >= 0.6 is 0 Å². The van der Waals surface area contributed by atoms with E-state index in [9.17, 15) is 14.9 Å². The molecule has 0 unspecified atom stereocenters. The van der Waals surface area contributed by atoms with Gasteiger partial charge in [0.05, 0.1) is 4.92 Å². The number of benzene rings is 1. The SMILES string of the molecule is NC1(CC(=O)Nc2ccc([N+](=O)[O-])cc2)CCCC1. The minimum Gasteiger partial charge on any atom is -0.326 e. The molecule has 0 aromatic heterocycles. The van der Waals surface area contributed by atoms with Crippen molar-refractivity contribution in [2.45, 2.75) is 37.6 Å². The first-order valence-electron chi connectivity index (χ1n) is 6.32. The highest BCUT2D eigenvalue weighted by atomic mass is 16.6. The summed E-state index contributed by atoms with van der Waals surface area (Å²) in [5, 5.41) is 13.2. The second kappa shape index (κ2) is 5.36. The Labute approximate surface area is 111 Å². The molecular weight excluding hydrogens is 246 g/mol. The van der Waals surface area contributed by atoms with Crippen LogP contribution in [0.1, 0.15) is 32.1 Å². The Hall–Kier alpha value is -1.95. The summed E-state index contributed by atoms with van der Waals surface area (Å²) in [4.78, 5) is 21.9. The second-order valence-corrected chi connectivity index (χ2v) is 5.10. The topological polar surface area (TPSA) is 98.3 Å². The number of hydrogen-bond donors (Lipinski definition) is 2. The van der Waals surface area contributed by atoms with Crippen molar-refractivity contribution in [3.8, 4) is 0 Å². The largest absolute Gasteiger partial charge is 0.326 e. The Bertz CT molecular complexity index is 478. The molecule has 1 aliphatic carbocycles. The first-order valence-corrected chi connectivity index (χ1v) is 6.32. The predicted molar refractivity (Wildman–Crippen MR) is 71.7 cm³/mol. The van der Waals surface area contributed by atoms with Gasteiger partial charge in [-0.15, -0.1) is 0 Å². The van der Waals surface area contributed by atoms with Crippen LogP contribution in [0.2, 0.25) is 0 Å². The Morgan fingerprint density at radius 2 is 1.89 bits per heavy atom. The standard InChI is InChI=1S/C13H17N3O3/c14-13(7-1-2-8-13)9-12(17)15-10-3-5-11(6-4-10)16(18)19/h3-6H,1-2,7-9,14H2,(H,15,17). The lowest BCUT2D eigenvalue weighted by Gasteiger charge is -2.22. The van der Waals surface area contributed by atoms with Crippen molar-refractivity contribution in [3.05, 3.63) is 34.4 Å². The van der Waals surface area contributed by atoms with Crippen LogP contribution in [0.25, 0.3) is 0 Å². The number of amides is 1. The third-order valence-electron chi connectivity index (χ3n) is 3.47. The van der Waals surface area contributed by atoms with Crippen molar-refractivity contribution in [3.63, 3.8) is 0 Å². The van der Waals surface area contributed by atoms with Gasteiger partial charge in [0.1, 0.15) is 0 Å². The summed E-state index contributed by atoms with van der Waals surface area (Å²) in [5.74, 6) is -0.141. The first-order chi connectivity index (χ1) is 8.98. The summed E-state index contributed by atoms with van der Waals surface area (Å²) >= 11 is 0. The van der Waals surface area contributed by atoms with E-state index in [1.807, 2.05) is 0 Å². The minimum absolute atomic E-state index is 0.00378. The number of carbonyl (C=O) groups is 1. The van der Waals surface area contributed by atoms with Crippen LogP contribution < -0.4 is 11.1 Å². The molecule has 0 spiro atoms. The predicted octanol–water partition coefficient (Wildman–Crippen LogP) is 2.19. The van der Waals surface area contributed by atoms with Crippen LogP contribution in [-0.4, -0.2) is 16.4 Å². The van der Waals surface area contributed by atoms with Crippen LogP contribution in [0.4, 0.5) is 11.4 Å². The highest BCUT2D eigenvalue weighted by molar-refractivity contribution is 5.91. The zero-order valence-corrected chi connectivity index (χ0v) is 10.6. The second-order valence-electron chi connectivity index (χ2n) is 5.10. The van der Waals surface area contributed by atoms with Crippen molar-refractivity contribution >= 4 is 17.3 Å². The number of nitrogens with two attached hydrogens (primary N) is 1. The van der Waals surface area contributed by atoms with Gasteiger partial charge in [0, 0.05) is 29.8 Å². The van der Waals surface area contributed by atoms with Crippen molar-refractivity contribution in [1.29, 1.82) is 0 Å². The van der Waals surface area contributed by atoms with Crippen LogP contribution in [-0.2, 0) is 4.79 Å². The van der Waals surface area contributed by atoms with Crippen molar-refractivity contribution in [2.24, 2.45) is 5.73 Å². The van der Waals surface area contributed by atoms with Gasteiger partial charge >= 0.3 is 0 Å². The lowest BCUT2D eigenvalue weighted by Crippen LogP contribution is -2.40. The maximum atomic E-state index is 11.9. The summed E-state index contributed by atoms with van der Waals surface area (Å²) in [7, 11) is 0. The monoisotopic (exact) mass is 263 g/mol. The van der Waals surface area contributed by atoms with Crippen molar-refractivity contribution < 1.29 is 9.72 Å². The summed E-state index contributed by atoms with van der Waals surface area (Å²) in [6.07, 6.45) is 4.19. The first kappa shape index (κ1) is 13.5. The zero-order valence-electron chi connectivity index (χ0n) is 10.6. The summed E-state index contributed by atoms with van der Waals surface area (Å²) in [6, 6.07) is 5.77. The molecule has 6 nitrogen and oxygen atoms in total. The van der Waals surface area contributed by atoms with E-state index in [1.165, 1.54) is 24.3 Å². The number of carbonyl (C=O) groups excluding carboxylic acids is 1. The fourth-order valence-electron chi connectivity index (χ4n) is 2.45. The van der Waals surface area contributed by atoms with Gasteiger partial charge in [-0.3, -0.25) is 14.9 Å². The van der Waals surface area contributed by atoms with E-state index in [4.69, 9.17) is 5.73 Å². The van der Waals surface area contributed by atoms with Gasteiger partial charge in [-0.2, -0.15) is 0 Å². The van der Waals surface area contributed by atoms with Gasteiger partial charge < -0.3 is 11.1 Å². The van der Waals surface area contributed by atoms with E-state index in [0.717, 1.165) is 25.7 Å². The van der Waals surface area contributed by atoms with Gasteiger partial charge in [-0.05, 0) is 25.0 Å². The number of non-ortho nitro benzene ring substituents is 1. The molecule has 0 saturated heterocycles. The number of rotatable bonds is 4. The lowest BCUT2D eigenvalue weighted by molar-refractivity contribution is -0.384. The molecule has 102 valence electrons. The van der Waals surface area contributed by atoms with E-state index < -0.39 is 4.92 Å². The van der Waals surface area contributed by atoms with Crippen molar-refractivity contribution in [2.75, 3.05) is 5.32 Å². The van der Waals surface area contributed by atoms with E-state index in [0.29, 0.717) is 12.1 Å². The molecule has 3 N–H and O–H groups in total. The molecule has 1 fully saturated rings. The molecule has 1 aromatic carbocycles. The zero-order chi connectivity index (χ0) is 13.9. The van der Waals surface area contributed by atoms with Crippen LogP contribution in [0.3, 0.4) is 0 Å². The number of anilines is 1. The molecular formula is C13H17N3O3. The lowest BCUT2D eigenvalue weighted by atomic mass is 9.94.